The van der Waals surface area contributed by atoms with Gasteiger partial charge in [0, 0.05) is 21.7 Å². The summed E-state index contributed by atoms with van der Waals surface area (Å²) in [6, 6.07) is 40.7. The molecular formula is C39H27N3. The highest BCUT2D eigenvalue weighted by Gasteiger charge is 2.21. The number of allylic oxidation sites excluding steroid dienone is 1. The van der Waals surface area contributed by atoms with Crippen molar-refractivity contribution >= 4 is 66.4 Å². The largest absolute Gasteiger partial charge is 0.278 e. The average Bonchev–Trinajstić information content (AvgIpc) is 3.39. The van der Waals surface area contributed by atoms with E-state index in [-0.39, 0.29) is 0 Å². The summed E-state index contributed by atoms with van der Waals surface area (Å²) >= 11 is 0. The van der Waals surface area contributed by atoms with Crippen LogP contribution in [0, 0.1) is 0 Å². The van der Waals surface area contributed by atoms with Gasteiger partial charge < -0.3 is 0 Å². The van der Waals surface area contributed by atoms with Gasteiger partial charge in [0.1, 0.15) is 0 Å². The van der Waals surface area contributed by atoms with E-state index < -0.39 is 0 Å². The van der Waals surface area contributed by atoms with Gasteiger partial charge in [0.25, 0.3) is 0 Å². The van der Waals surface area contributed by atoms with Crippen LogP contribution in [0.2, 0.25) is 0 Å². The zero-order valence-corrected chi connectivity index (χ0v) is 23.3. The van der Waals surface area contributed by atoms with Crippen molar-refractivity contribution in [2.24, 2.45) is 0 Å². The molecule has 0 spiro atoms. The highest BCUT2D eigenvalue weighted by molar-refractivity contribution is 6.23. The summed E-state index contributed by atoms with van der Waals surface area (Å²) in [5, 5.41) is 8.23. The van der Waals surface area contributed by atoms with Gasteiger partial charge in [-0.3, -0.25) is 4.57 Å². The Morgan fingerprint density at radius 2 is 1.33 bits per heavy atom. The van der Waals surface area contributed by atoms with Gasteiger partial charge in [-0.25, -0.2) is 9.97 Å². The molecule has 3 nitrogen and oxygen atoms in total. The van der Waals surface area contributed by atoms with E-state index in [4.69, 9.17) is 9.97 Å². The number of para-hydroxylation sites is 1. The van der Waals surface area contributed by atoms with Crippen LogP contribution in [0.5, 0.6) is 0 Å². The van der Waals surface area contributed by atoms with Crippen molar-refractivity contribution in [1.29, 1.82) is 0 Å². The van der Waals surface area contributed by atoms with Gasteiger partial charge in [-0.2, -0.15) is 0 Å². The van der Waals surface area contributed by atoms with Crippen LogP contribution in [-0.4, -0.2) is 14.5 Å². The zero-order chi connectivity index (χ0) is 28.2. The third kappa shape index (κ3) is 3.60. The first kappa shape index (κ1) is 24.3. The number of aromatic nitrogens is 3. The first-order valence-corrected chi connectivity index (χ1v) is 14.3. The molecule has 0 amide bonds. The van der Waals surface area contributed by atoms with Gasteiger partial charge in [-0.05, 0) is 63.9 Å². The van der Waals surface area contributed by atoms with Gasteiger partial charge >= 0.3 is 0 Å². The van der Waals surface area contributed by atoms with E-state index in [9.17, 15) is 0 Å². The maximum atomic E-state index is 5.33. The maximum absolute atomic E-state index is 5.33. The molecule has 0 radical (unpaired) electrons. The first-order valence-electron chi connectivity index (χ1n) is 14.3. The standard InChI is InChI=1S/C39H27N3/c1-3-11-30-25(4-2)20-22-34-36(30)37-31-15-8-7-13-27(31)21-23-35(37)42(34)39-40-33-17-10-9-16-32(33)38(41-39)29-19-18-26-12-5-6-14-28(26)24-29/h3-24H,2H2,1H3/b11-3-. The Morgan fingerprint density at radius 1 is 0.643 bits per heavy atom. The normalized spacial score (nSPS) is 11.9. The van der Waals surface area contributed by atoms with Crippen molar-refractivity contribution in [2.75, 3.05) is 0 Å². The Hall–Kier alpha value is -5.54. The van der Waals surface area contributed by atoms with Gasteiger partial charge in [0.2, 0.25) is 5.95 Å². The molecule has 0 atom stereocenters. The fourth-order valence-corrected chi connectivity index (χ4v) is 6.37. The Labute approximate surface area is 243 Å². The molecule has 0 aliphatic heterocycles. The van der Waals surface area contributed by atoms with Crippen LogP contribution >= 0.6 is 0 Å². The predicted octanol–water partition coefficient (Wildman–Crippen LogP) is 10.4. The van der Waals surface area contributed by atoms with E-state index in [0.29, 0.717) is 5.95 Å². The second kappa shape index (κ2) is 9.53. The van der Waals surface area contributed by atoms with Crippen LogP contribution in [-0.2, 0) is 0 Å². The number of hydrogen-bond acceptors (Lipinski definition) is 2. The fraction of sp³-hybridized carbons (Fsp3) is 0.0256. The van der Waals surface area contributed by atoms with Crippen LogP contribution < -0.4 is 0 Å². The van der Waals surface area contributed by atoms with E-state index in [1.807, 2.05) is 12.1 Å². The number of hydrogen-bond donors (Lipinski definition) is 0. The molecule has 6 aromatic carbocycles. The van der Waals surface area contributed by atoms with Gasteiger partial charge in [-0.1, -0.05) is 116 Å². The van der Waals surface area contributed by atoms with Gasteiger partial charge in [0.15, 0.2) is 0 Å². The van der Waals surface area contributed by atoms with Crippen molar-refractivity contribution in [3.05, 3.63) is 139 Å². The Kier molecular flexibility index (Phi) is 5.51. The molecule has 2 aromatic heterocycles. The summed E-state index contributed by atoms with van der Waals surface area (Å²) in [6.45, 7) is 6.18. The predicted molar refractivity (Wildman–Crippen MR) is 179 cm³/mol. The third-order valence-electron chi connectivity index (χ3n) is 8.26. The SMILES string of the molecule is C=Cc1ccc2c(c1/C=C\C)c1c3ccccc3ccc1n2-c1nc(-c2ccc3ccccc3c2)c2ccccc2n1. The van der Waals surface area contributed by atoms with Crippen LogP contribution in [0.3, 0.4) is 0 Å². The molecule has 0 fully saturated rings. The molecule has 0 unspecified atom stereocenters. The number of benzene rings is 6. The third-order valence-corrected chi connectivity index (χ3v) is 8.26. The lowest BCUT2D eigenvalue weighted by atomic mass is 9.97. The highest BCUT2D eigenvalue weighted by Crippen LogP contribution is 2.40. The summed E-state index contributed by atoms with van der Waals surface area (Å²) < 4.78 is 2.23. The molecule has 198 valence electrons. The van der Waals surface area contributed by atoms with Gasteiger partial charge in [0.05, 0.1) is 22.2 Å². The molecular weight excluding hydrogens is 510 g/mol. The molecule has 2 heterocycles. The highest BCUT2D eigenvalue weighted by atomic mass is 15.2. The topological polar surface area (TPSA) is 30.7 Å². The maximum Gasteiger partial charge on any atom is 0.235 e. The molecule has 0 saturated carbocycles. The van der Waals surface area contributed by atoms with Crippen LogP contribution in [0.4, 0.5) is 0 Å². The lowest BCUT2D eigenvalue weighted by Gasteiger charge is -2.12. The van der Waals surface area contributed by atoms with Crippen LogP contribution in [0.15, 0.2) is 128 Å². The molecule has 0 bridgehead atoms. The molecule has 0 N–H and O–H groups in total. The van der Waals surface area contributed by atoms with Crippen molar-refractivity contribution in [1.82, 2.24) is 14.5 Å². The minimum Gasteiger partial charge on any atom is -0.278 e. The second-order valence-corrected chi connectivity index (χ2v) is 10.6. The molecule has 0 aliphatic carbocycles. The Balaban J connectivity index is 1.53. The van der Waals surface area contributed by atoms with Crippen molar-refractivity contribution in [2.45, 2.75) is 6.92 Å². The Morgan fingerprint density at radius 3 is 2.17 bits per heavy atom. The monoisotopic (exact) mass is 537 g/mol. The summed E-state index contributed by atoms with van der Waals surface area (Å²) in [7, 11) is 0. The lowest BCUT2D eigenvalue weighted by Crippen LogP contribution is -2.03. The molecule has 0 saturated heterocycles. The van der Waals surface area contributed by atoms with Crippen molar-refractivity contribution in [3.63, 3.8) is 0 Å². The zero-order valence-electron chi connectivity index (χ0n) is 23.3. The van der Waals surface area contributed by atoms with Gasteiger partial charge in [-0.15, -0.1) is 0 Å². The molecule has 42 heavy (non-hydrogen) atoms. The molecule has 8 aromatic rings. The minimum absolute atomic E-state index is 0.657. The number of nitrogens with zero attached hydrogens (tertiary/aromatic N) is 3. The quantitative estimate of drug-likeness (QED) is 0.224. The van der Waals surface area contributed by atoms with E-state index in [2.05, 4.69) is 139 Å². The molecule has 3 heteroatoms. The fourth-order valence-electron chi connectivity index (χ4n) is 6.37. The van der Waals surface area contributed by atoms with E-state index in [0.717, 1.165) is 44.3 Å². The summed E-state index contributed by atoms with van der Waals surface area (Å²) in [5.41, 5.74) is 7.31. The van der Waals surface area contributed by atoms with Crippen LogP contribution in [0.1, 0.15) is 18.1 Å². The van der Waals surface area contributed by atoms with E-state index >= 15 is 0 Å². The first-order chi connectivity index (χ1) is 20.7. The summed E-state index contributed by atoms with van der Waals surface area (Å²) in [5.74, 6) is 0.657. The number of fused-ring (bicyclic) bond motifs is 7. The summed E-state index contributed by atoms with van der Waals surface area (Å²) in [6.07, 6.45) is 6.22. The molecule has 0 aliphatic rings. The summed E-state index contributed by atoms with van der Waals surface area (Å²) in [4.78, 5) is 10.5. The minimum atomic E-state index is 0.657. The smallest absolute Gasteiger partial charge is 0.235 e. The van der Waals surface area contributed by atoms with E-state index in [1.54, 1.807) is 0 Å². The van der Waals surface area contributed by atoms with Crippen molar-refractivity contribution < 1.29 is 0 Å². The lowest BCUT2D eigenvalue weighted by molar-refractivity contribution is 1.01. The van der Waals surface area contributed by atoms with Crippen molar-refractivity contribution in [3.8, 4) is 17.2 Å². The van der Waals surface area contributed by atoms with Crippen LogP contribution in [0.25, 0.3) is 83.6 Å². The average molecular weight is 538 g/mol. The van der Waals surface area contributed by atoms with E-state index in [1.165, 1.54) is 32.3 Å². The number of rotatable bonds is 4. The Bertz CT molecular complexity index is 2390. The second-order valence-electron chi connectivity index (χ2n) is 10.6. The molecule has 8 rings (SSSR count).